The molecule has 15 heavy (non-hydrogen) atoms. The van der Waals surface area contributed by atoms with Crippen molar-refractivity contribution in [1.82, 2.24) is 10.2 Å². The van der Waals surface area contributed by atoms with Gasteiger partial charge in [-0.3, -0.25) is 4.90 Å². The van der Waals surface area contributed by atoms with E-state index in [2.05, 4.69) is 50.4 Å². The van der Waals surface area contributed by atoms with Crippen molar-refractivity contribution in [3.63, 3.8) is 0 Å². The number of piperidine rings is 1. The third-order valence-corrected chi connectivity index (χ3v) is 3.79. The second-order valence-corrected chi connectivity index (χ2v) is 5.54. The van der Waals surface area contributed by atoms with Gasteiger partial charge in [0.05, 0.1) is 0 Å². The number of hydrogen-bond donors (Lipinski definition) is 1. The molecule has 2 unspecified atom stereocenters. The van der Waals surface area contributed by atoms with Gasteiger partial charge in [-0.05, 0) is 24.1 Å². The number of benzene rings is 1. The van der Waals surface area contributed by atoms with Crippen molar-refractivity contribution in [1.29, 1.82) is 0 Å². The molecule has 0 amide bonds. The van der Waals surface area contributed by atoms with Gasteiger partial charge in [0.15, 0.2) is 0 Å². The van der Waals surface area contributed by atoms with Gasteiger partial charge in [-0.15, -0.1) is 0 Å². The van der Waals surface area contributed by atoms with Gasteiger partial charge in [-0.1, -0.05) is 28.1 Å². The maximum Gasteiger partial charge on any atom is 0.0235 e. The molecule has 3 aliphatic heterocycles. The molecule has 1 aromatic rings. The molecule has 3 heterocycles. The first-order valence-corrected chi connectivity index (χ1v) is 6.32. The van der Waals surface area contributed by atoms with E-state index in [1.54, 1.807) is 0 Å². The number of nitrogens with zero attached hydrogens (tertiary/aromatic N) is 1. The molecule has 1 aromatic carbocycles. The van der Waals surface area contributed by atoms with E-state index >= 15 is 0 Å². The lowest BCUT2D eigenvalue weighted by Crippen LogP contribution is -2.66. The second kappa shape index (κ2) is 3.89. The Morgan fingerprint density at radius 3 is 2.73 bits per heavy atom. The minimum absolute atomic E-state index is 0.760. The van der Waals surface area contributed by atoms with Crippen molar-refractivity contribution in [2.75, 3.05) is 13.1 Å². The third-order valence-electron chi connectivity index (χ3n) is 3.29. The molecule has 3 fully saturated rings. The second-order valence-electron chi connectivity index (χ2n) is 4.62. The summed E-state index contributed by atoms with van der Waals surface area (Å²) in [6, 6.07) is 10.1. The summed E-state index contributed by atoms with van der Waals surface area (Å²) < 4.78 is 1.18. The topological polar surface area (TPSA) is 15.3 Å². The highest BCUT2D eigenvalue weighted by atomic mass is 79.9. The maximum absolute atomic E-state index is 3.56. The summed E-state index contributed by atoms with van der Waals surface area (Å²) in [5.41, 5.74) is 1.41. The van der Waals surface area contributed by atoms with E-state index in [-0.39, 0.29) is 0 Å². The zero-order valence-corrected chi connectivity index (χ0v) is 10.2. The average Bonchev–Trinajstić information content (AvgIpc) is 2.16. The lowest BCUT2D eigenvalue weighted by molar-refractivity contribution is 0.0726. The first-order valence-electron chi connectivity index (χ1n) is 5.52. The SMILES string of the molecule is Brc1cccc(CN2CC3CC(C2)N3)c1. The summed E-state index contributed by atoms with van der Waals surface area (Å²) in [4.78, 5) is 2.55. The van der Waals surface area contributed by atoms with Gasteiger partial charge in [0, 0.05) is 36.2 Å². The van der Waals surface area contributed by atoms with Crippen molar-refractivity contribution in [3.8, 4) is 0 Å². The van der Waals surface area contributed by atoms with Crippen LogP contribution in [0, 0.1) is 0 Å². The largest absolute Gasteiger partial charge is 0.309 e. The molecule has 3 saturated heterocycles. The zero-order valence-electron chi connectivity index (χ0n) is 8.62. The van der Waals surface area contributed by atoms with Crippen LogP contribution in [-0.2, 0) is 6.54 Å². The Bertz CT molecular complexity index is 350. The van der Waals surface area contributed by atoms with Crippen LogP contribution in [0.4, 0.5) is 0 Å². The molecule has 2 atom stereocenters. The Morgan fingerprint density at radius 2 is 2.07 bits per heavy atom. The fourth-order valence-electron chi connectivity index (χ4n) is 2.63. The Kier molecular flexibility index (Phi) is 2.54. The molecule has 3 heteroatoms. The highest BCUT2D eigenvalue weighted by Crippen LogP contribution is 2.22. The van der Waals surface area contributed by atoms with Gasteiger partial charge in [-0.2, -0.15) is 0 Å². The van der Waals surface area contributed by atoms with Crippen LogP contribution in [-0.4, -0.2) is 30.1 Å². The Labute approximate surface area is 98.8 Å². The molecule has 0 aromatic heterocycles. The quantitative estimate of drug-likeness (QED) is 0.881. The maximum atomic E-state index is 3.56. The molecule has 4 rings (SSSR count). The highest BCUT2D eigenvalue weighted by molar-refractivity contribution is 9.10. The molecule has 3 aliphatic rings. The number of halogens is 1. The Balaban J connectivity index is 1.65. The van der Waals surface area contributed by atoms with Crippen LogP contribution in [0.1, 0.15) is 12.0 Å². The first kappa shape index (κ1) is 9.82. The van der Waals surface area contributed by atoms with E-state index in [0.717, 1.165) is 18.6 Å². The number of hydrogen-bond acceptors (Lipinski definition) is 2. The van der Waals surface area contributed by atoms with E-state index in [4.69, 9.17) is 0 Å². The van der Waals surface area contributed by atoms with Crippen LogP contribution in [0.25, 0.3) is 0 Å². The molecular weight excluding hydrogens is 252 g/mol. The minimum atomic E-state index is 0.760. The van der Waals surface area contributed by atoms with E-state index < -0.39 is 0 Å². The monoisotopic (exact) mass is 266 g/mol. The molecule has 0 aliphatic carbocycles. The number of piperazine rings is 1. The summed E-state index contributed by atoms with van der Waals surface area (Å²) >= 11 is 3.52. The van der Waals surface area contributed by atoms with Gasteiger partial charge in [0.1, 0.15) is 0 Å². The molecule has 0 saturated carbocycles. The van der Waals surface area contributed by atoms with Gasteiger partial charge in [-0.25, -0.2) is 0 Å². The van der Waals surface area contributed by atoms with Crippen molar-refractivity contribution in [2.24, 2.45) is 0 Å². The summed E-state index contributed by atoms with van der Waals surface area (Å²) in [6.45, 7) is 3.51. The van der Waals surface area contributed by atoms with Crippen LogP contribution < -0.4 is 5.32 Å². The summed E-state index contributed by atoms with van der Waals surface area (Å²) in [5, 5.41) is 3.56. The predicted octanol–water partition coefficient (Wildman–Crippen LogP) is 2.00. The summed E-state index contributed by atoms with van der Waals surface area (Å²) in [5.74, 6) is 0. The van der Waals surface area contributed by atoms with Crippen LogP contribution in [0.5, 0.6) is 0 Å². The minimum Gasteiger partial charge on any atom is -0.309 e. The normalized spacial score (nSPS) is 29.9. The third kappa shape index (κ3) is 2.10. The lowest BCUT2D eigenvalue weighted by atomic mass is 9.91. The Hall–Kier alpha value is -0.380. The van der Waals surface area contributed by atoms with E-state index in [1.807, 2.05) is 0 Å². The van der Waals surface area contributed by atoms with Crippen molar-refractivity contribution >= 4 is 15.9 Å². The van der Waals surface area contributed by atoms with Crippen LogP contribution in [0.15, 0.2) is 28.7 Å². The number of nitrogens with one attached hydrogen (secondary N) is 1. The first-order chi connectivity index (χ1) is 7.29. The molecule has 2 nitrogen and oxygen atoms in total. The van der Waals surface area contributed by atoms with Crippen LogP contribution in [0.2, 0.25) is 0 Å². The zero-order chi connectivity index (χ0) is 10.3. The molecule has 1 N–H and O–H groups in total. The van der Waals surface area contributed by atoms with Gasteiger partial charge < -0.3 is 5.32 Å². The molecule has 80 valence electrons. The predicted molar refractivity (Wildman–Crippen MR) is 64.7 cm³/mol. The van der Waals surface area contributed by atoms with Crippen molar-refractivity contribution < 1.29 is 0 Å². The fourth-order valence-corrected chi connectivity index (χ4v) is 3.07. The van der Waals surface area contributed by atoms with Crippen molar-refractivity contribution in [3.05, 3.63) is 34.3 Å². The van der Waals surface area contributed by atoms with E-state index in [0.29, 0.717) is 0 Å². The molecule has 0 spiro atoms. The molecule has 2 bridgehead atoms. The van der Waals surface area contributed by atoms with Gasteiger partial charge in [0.2, 0.25) is 0 Å². The van der Waals surface area contributed by atoms with Gasteiger partial charge in [0.25, 0.3) is 0 Å². The van der Waals surface area contributed by atoms with Crippen molar-refractivity contribution in [2.45, 2.75) is 25.0 Å². The fraction of sp³-hybridized carbons (Fsp3) is 0.500. The van der Waals surface area contributed by atoms with E-state index in [1.165, 1.54) is 29.5 Å². The summed E-state index contributed by atoms with van der Waals surface area (Å²) in [7, 11) is 0. The smallest absolute Gasteiger partial charge is 0.0235 e. The highest BCUT2D eigenvalue weighted by Gasteiger charge is 2.35. The van der Waals surface area contributed by atoms with Crippen LogP contribution in [0.3, 0.4) is 0 Å². The lowest BCUT2D eigenvalue weighted by Gasteiger charge is -2.48. The summed E-state index contributed by atoms with van der Waals surface area (Å²) in [6.07, 6.45) is 1.38. The van der Waals surface area contributed by atoms with Gasteiger partial charge >= 0.3 is 0 Å². The standard InChI is InChI=1S/C12H15BrN2/c13-10-3-1-2-9(4-10)6-15-7-11-5-12(8-15)14-11/h1-4,11-12,14H,5-8H2. The number of fused-ring (bicyclic) bond motifs is 2. The molecule has 0 radical (unpaired) electrons. The van der Waals surface area contributed by atoms with Crippen LogP contribution >= 0.6 is 15.9 Å². The number of rotatable bonds is 2. The van der Waals surface area contributed by atoms with E-state index in [9.17, 15) is 0 Å². The average molecular weight is 267 g/mol. The Morgan fingerprint density at radius 1 is 1.33 bits per heavy atom. The molecular formula is C12H15BrN2.